The lowest BCUT2D eigenvalue weighted by molar-refractivity contribution is -0.137. The van der Waals surface area contributed by atoms with E-state index in [-0.39, 0.29) is 19.0 Å². The van der Waals surface area contributed by atoms with Crippen molar-refractivity contribution in [2.24, 2.45) is 0 Å². The van der Waals surface area contributed by atoms with Crippen molar-refractivity contribution in [1.82, 2.24) is 4.90 Å². The third kappa shape index (κ3) is 10.4. The molecule has 0 aliphatic heterocycles. The van der Waals surface area contributed by atoms with Gasteiger partial charge < -0.3 is 24.7 Å². The highest BCUT2D eigenvalue weighted by molar-refractivity contribution is 7.46. The van der Waals surface area contributed by atoms with Crippen molar-refractivity contribution in [3.05, 3.63) is 0 Å². The number of aliphatic carboxylic acids is 1. The first-order valence-corrected chi connectivity index (χ1v) is 7.03. The van der Waals surface area contributed by atoms with Gasteiger partial charge in [0.05, 0.1) is 12.6 Å². The van der Waals surface area contributed by atoms with Crippen LogP contribution in [-0.2, 0) is 4.79 Å². The zero-order valence-corrected chi connectivity index (χ0v) is 9.81. The molecule has 0 aromatic heterocycles. The van der Waals surface area contributed by atoms with Crippen molar-refractivity contribution in [3.8, 4) is 0 Å². The summed E-state index contributed by atoms with van der Waals surface area (Å²) in [6.07, 6.45) is 0.186. The molecule has 0 saturated carbocycles. The van der Waals surface area contributed by atoms with E-state index >= 15 is 0 Å². The highest BCUT2D eigenvalue weighted by Crippen LogP contribution is 2.30. The van der Waals surface area contributed by atoms with E-state index in [0.717, 1.165) is 0 Å². The Bertz CT molecular complexity index is 180. The number of carbonyl (C=O) groups is 1. The van der Waals surface area contributed by atoms with Crippen LogP contribution in [-0.4, -0.2) is 54.7 Å². The normalized spacial score (nSPS) is 11.7. The van der Waals surface area contributed by atoms with E-state index in [1.54, 1.807) is 0 Å². The Morgan fingerprint density at radius 1 is 1.07 bits per heavy atom. The molecule has 0 radical (unpaired) electrons. The Morgan fingerprint density at radius 2 is 1.53 bits per heavy atom. The van der Waals surface area contributed by atoms with Crippen molar-refractivity contribution >= 4 is 22.7 Å². The third-order valence-electron chi connectivity index (χ3n) is 1.52. The molecule has 0 atom stereocenters. The minimum Gasteiger partial charge on any atom is -0.481 e. The first kappa shape index (κ1) is 15.1. The average Bonchev–Trinajstić information content (AvgIpc) is 2.00. The Kier molecular flexibility index (Phi) is 8.37. The van der Waals surface area contributed by atoms with E-state index in [1.165, 1.54) is 4.90 Å². The molecule has 0 unspecified atom stereocenters. The molecule has 0 fully saturated rings. The van der Waals surface area contributed by atoms with E-state index in [0.29, 0.717) is 13.0 Å². The standard InChI is InChI=1S/C6H15NO6P2/c8-6(9)2-1-3-7(4-14(10)11)5-15(12)13/h10-13H,1-5H2,(H,8,9). The first-order chi connectivity index (χ1) is 6.91. The van der Waals surface area contributed by atoms with Gasteiger partial charge in [-0.3, -0.25) is 9.69 Å². The van der Waals surface area contributed by atoms with Gasteiger partial charge in [0.1, 0.15) is 0 Å². The third-order valence-corrected chi connectivity index (χ3v) is 2.82. The summed E-state index contributed by atoms with van der Waals surface area (Å²) >= 11 is 0. The van der Waals surface area contributed by atoms with Crippen LogP contribution in [0.5, 0.6) is 0 Å². The van der Waals surface area contributed by atoms with Crippen LogP contribution in [0.15, 0.2) is 0 Å². The van der Waals surface area contributed by atoms with E-state index < -0.39 is 22.7 Å². The maximum Gasteiger partial charge on any atom is 0.303 e. The maximum absolute atomic E-state index is 10.2. The minimum atomic E-state index is -2.14. The Hall–Kier alpha value is 0.130. The summed E-state index contributed by atoms with van der Waals surface area (Å²) in [6, 6.07) is 0. The van der Waals surface area contributed by atoms with Gasteiger partial charge in [-0.25, -0.2) is 0 Å². The number of nitrogens with zero attached hydrogens (tertiary/aromatic N) is 1. The smallest absolute Gasteiger partial charge is 0.303 e. The van der Waals surface area contributed by atoms with Gasteiger partial charge in [0.15, 0.2) is 16.8 Å². The predicted octanol–water partition coefficient (Wildman–Crippen LogP) is -0.339. The summed E-state index contributed by atoms with van der Waals surface area (Å²) in [5.41, 5.74) is 0. The fourth-order valence-electron chi connectivity index (χ4n) is 0.998. The van der Waals surface area contributed by atoms with Crippen molar-refractivity contribution in [2.45, 2.75) is 12.8 Å². The van der Waals surface area contributed by atoms with Crippen molar-refractivity contribution in [3.63, 3.8) is 0 Å². The number of hydrogen-bond acceptors (Lipinski definition) is 6. The molecule has 7 nitrogen and oxygen atoms in total. The molecule has 0 bridgehead atoms. The number of carboxylic acids is 1. The topological polar surface area (TPSA) is 121 Å². The maximum atomic E-state index is 10.2. The molecule has 5 N–H and O–H groups in total. The van der Waals surface area contributed by atoms with Gasteiger partial charge in [0.2, 0.25) is 0 Å². The second-order valence-corrected chi connectivity index (χ2v) is 4.97. The summed E-state index contributed by atoms with van der Waals surface area (Å²) in [5, 5.41) is 8.38. The predicted molar refractivity (Wildman–Crippen MR) is 56.0 cm³/mol. The molecule has 90 valence electrons. The number of hydrogen-bond donors (Lipinski definition) is 5. The highest BCUT2D eigenvalue weighted by Gasteiger charge is 2.13. The van der Waals surface area contributed by atoms with Crippen molar-refractivity contribution < 1.29 is 29.5 Å². The van der Waals surface area contributed by atoms with Crippen LogP contribution < -0.4 is 0 Å². The summed E-state index contributed by atoms with van der Waals surface area (Å²) < 4.78 is 0. The number of carboxylic acid groups (broad SMARTS) is 1. The summed E-state index contributed by atoms with van der Waals surface area (Å²) in [4.78, 5) is 46.7. The van der Waals surface area contributed by atoms with E-state index in [9.17, 15) is 4.79 Å². The molecule has 0 aliphatic carbocycles. The van der Waals surface area contributed by atoms with Gasteiger partial charge in [0, 0.05) is 6.42 Å². The van der Waals surface area contributed by atoms with Crippen LogP contribution >= 0.6 is 16.8 Å². The Morgan fingerprint density at radius 3 is 1.87 bits per heavy atom. The van der Waals surface area contributed by atoms with E-state index in [1.807, 2.05) is 0 Å². The fourth-order valence-corrected chi connectivity index (χ4v) is 2.35. The fraction of sp³-hybridized carbons (Fsp3) is 0.833. The molecule has 0 rings (SSSR count). The lowest BCUT2D eigenvalue weighted by atomic mass is 10.3. The summed E-state index contributed by atoms with van der Waals surface area (Å²) in [6.45, 7) is 0.298. The monoisotopic (exact) mass is 259 g/mol. The van der Waals surface area contributed by atoms with E-state index in [4.69, 9.17) is 24.7 Å². The molecule has 9 heteroatoms. The molecular formula is C6H15NO6P2. The van der Waals surface area contributed by atoms with Crippen molar-refractivity contribution in [1.29, 1.82) is 0 Å². The molecule has 0 amide bonds. The van der Waals surface area contributed by atoms with Crippen LogP contribution in [0.25, 0.3) is 0 Å². The van der Waals surface area contributed by atoms with Crippen LogP contribution in [0.3, 0.4) is 0 Å². The molecule has 0 aromatic carbocycles. The van der Waals surface area contributed by atoms with Crippen LogP contribution in [0.1, 0.15) is 12.8 Å². The zero-order valence-electron chi connectivity index (χ0n) is 8.02. The molecule has 0 saturated heterocycles. The van der Waals surface area contributed by atoms with Gasteiger partial charge in [-0.15, -0.1) is 0 Å². The van der Waals surface area contributed by atoms with Crippen LogP contribution in [0, 0.1) is 0 Å². The highest BCUT2D eigenvalue weighted by atomic mass is 31.2. The molecule has 15 heavy (non-hydrogen) atoms. The van der Waals surface area contributed by atoms with Gasteiger partial charge in [-0.1, -0.05) is 0 Å². The Balaban J connectivity index is 3.84. The molecular weight excluding hydrogens is 244 g/mol. The second kappa shape index (κ2) is 8.30. The Labute approximate surface area is 89.8 Å². The zero-order chi connectivity index (χ0) is 11.8. The van der Waals surface area contributed by atoms with Gasteiger partial charge in [0.25, 0.3) is 0 Å². The van der Waals surface area contributed by atoms with Crippen LogP contribution in [0.2, 0.25) is 0 Å². The van der Waals surface area contributed by atoms with Crippen LogP contribution in [0.4, 0.5) is 0 Å². The quantitative estimate of drug-likeness (QED) is 0.378. The minimum absolute atomic E-state index is 0.0277. The van der Waals surface area contributed by atoms with Gasteiger partial charge in [-0.05, 0) is 13.0 Å². The van der Waals surface area contributed by atoms with E-state index in [2.05, 4.69) is 0 Å². The van der Waals surface area contributed by atoms with Crippen molar-refractivity contribution in [2.75, 3.05) is 19.1 Å². The molecule has 0 heterocycles. The average molecular weight is 259 g/mol. The van der Waals surface area contributed by atoms with Gasteiger partial charge in [-0.2, -0.15) is 0 Å². The molecule has 0 aromatic rings. The first-order valence-electron chi connectivity index (χ1n) is 4.16. The van der Waals surface area contributed by atoms with Gasteiger partial charge >= 0.3 is 5.97 Å². The largest absolute Gasteiger partial charge is 0.481 e. The second-order valence-electron chi connectivity index (χ2n) is 2.92. The summed E-state index contributed by atoms with van der Waals surface area (Å²) in [5.74, 6) is -0.930. The molecule has 0 spiro atoms. The number of rotatable bonds is 8. The molecule has 0 aliphatic rings. The SMILES string of the molecule is O=C(O)CCCN(CP(O)O)CP(O)O. The lowest BCUT2D eigenvalue weighted by Gasteiger charge is -2.22. The summed E-state index contributed by atoms with van der Waals surface area (Å²) in [7, 11) is -4.27. The lowest BCUT2D eigenvalue weighted by Crippen LogP contribution is -2.26.